The number of hydrogen-bond donors (Lipinski definition) is 5. The monoisotopic (exact) mass is 691 g/mol. The van der Waals surface area contributed by atoms with Crippen molar-refractivity contribution in [2.75, 3.05) is 31.8 Å². The molecule has 10 atom stereocenters. The van der Waals surface area contributed by atoms with Crippen molar-refractivity contribution in [1.29, 1.82) is 0 Å². The van der Waals surface area contributed by atoms with Gasteiger partial charge in [-0.25, -0.2) is 23.2 Å². The number of ether oxygens (including phenoxy) is 3. The molecule has 4 aromatic rings. The van der Waals surface area contributed by atoms with Gasteiger partial charge in [-0.3, -0.25) is 32.4 Å². The third-order valence-electron chi connectivity index (χ3n) is 7.44. The lowest BCUT2D eigenvalue weighted by atomic mass is 10.1. The van der Waals surface area contributed by atoms with Gasteiger partial charge in [0, 0.05) is 7.11 Å². The molecule has 0 aromatic carbocycles. The van der Waals surface area contributed by atoms with Gasteiger partial charge < -0.3 is 35.5 Å². The number of imidazole rings is 1. The zero-order chi connectivity index (χ0) is 32.5. The summed E-state index contributed by atoms with van der Waals surface area (Å²) in [6.07, 6.45) is -10.5. The molecular weight excluding hydrogens is 667 g/mol. The van der Waals surface area contributed by atoms with E-state index in [2.05, 4.69) is 35.5 Å². The lowest BCUT2D eigenvalue weighted by molar-refractivity contribution is -0.0684. The van der Waals surface area contributed by atoms with Crippen molar-refractivity contribution < 1.29 is 55.6 Å². The van der Waals surface area contributed by atoms with E-state index in [0.717, 1.165) is 11.0 Å². The quantitative estimate of drug-likeness (QED) is 0.156. The summed E-state index contributed by atoms with van der Waals surface area (Å²) in [6, 6.07) is 0. The summed E-state index contributed by atoms with van der Waals surface area (Å²) in [5.74, 6) is -0.321. The fourth-order valence-corrected chi connectivity index (χ4v) is 7.32. The number of halogens is 1. The summed E-state index contributed by atoms with van der Waals surface area (Å²) >= 11 is 0. The SMILES string of the molecule is CO[C@H]1[C@H]2OP(=O)(O)OC[C@H]3O[C@@H](n4ncc5c(N)nnnc54)[C@@H](F)[C@@H]3OP(=O)(O)OC[C@H]1O[C@H]2n1cnc2c(=O)[nH]c(N)nc21. The molecule has 0 radical (unpaired) electrons. The minimum Gasteiger partial charge on any atom is -0.381 e. The molecule has 7 rings (SSSR count). The zero-order valence-corrected chi connectivity index (χ0v) is 25.0. The van der Waals surface area contributed by atoms with Gasteiger partial charge in [-0.1, -0.05) is 0 Å². The van der Waals surface area contributed by atoms with Crippen LogP contribution in [0.5, 0.6) is 0 Å². The molecular formula is C20H24FN11O12P2. The van der Waals surface area contributed by atoms with Crippen LogP contribution in [0.2, 0.25) is 0 Å². The van der Waals surface area contributed by atoms with Crippen LogP contribution >= 0.6 is 15.6 Å². The number of rotatable bonds is 3. The fourth-order valence-electron chi connectivity index (χ4n) is 5.44. The first-order chi connectivity index (χ1) is 21.9. The van der Waals surface area contributed by atoms with Crippen molar-refractivity contribution in [3.05, 3.63) is 22.9 Å². The van der Waals surface area contributed by atoms with E-state index < -0.39 is 83.6 Å². The van der Waals surface area contributed by atoms with Gasteiger partial charge in [-0.2, -0.15) is 10.1 Å². The molecule has 23 nitrogen and oxygen atoms in total. The second-order valence-electron chi connectivity index (χ2n) is 10.2. The van der Waals surface area contributed by atoms with Gasteiger partial charge in [-0.15, -0.1) is 10.2 Å². The molecule has 248 valence electrons. The highest BCUT2D eigenvalue weighted by Crippen LogP contribution is 2.54. The van der Waals surface area contributed by atoms with E-state index >= 15 is 4.39 Å². The first kappa shape index (κ1) is 31.1. The molecule has 7 N–H and O–H groups in total. The predicted molar refractivity (Wildman–Crippen MR) is 145 cm³/mol. The van der Waals surface area contributed by atoms with E-state index in [1.807, 2.05) is 0 Å². The van der Waals surface area contributed by atoms with E-state index in [4.69, 9.17) is 43.8 Å². The Hall–Kier alpha value is -3.54. The first-order valence-corrected chi connectivity index (χ1v) is 16.2. The summed E-state index contributed by atoms with van der Waals surface area (Å²) in [7, 11) is -9.01. The van der Waals surface area contributed by atoms with Crippen LogP contribution < -0.4 is 17.0 Å². The molecule has 3 fully saturated rings. The molecule has 2 unspecified atom stereocenters. The Morgan fingerprint density at radius 1 is 1.04 bits per heavy atom. The number of nitrogens with one attached hydrogen (secondary N) is 1. The lowest BCUT2D eigenvalue weighted by Crippen LogP contribution is -2.37. The van der Waals surface area contributed by atoms with E-state index in [1.54, 1.807) is 0 Å². The van der Waals surface area contributed by atoms with Crippen molar-refractivity contribution in [3.8, 4) is 0 Å². The van der Waals surface area contributed by atoms with Crippen LogP contribution in [0.25, 0.3) is 22.2 Å². The highest BCUT2D eigenvalue weighted by Gasteiger charge is 2.55. The summed E-state index contributed by atoms with van der Waals surface area (Å²) in [4.78, 5) is 44.1. The number of alkyl halides is 1. The number of nitrogens with two attached hydrogens (primary N) is 2. The molecule has 4 aromatic heterocycles. The van der Waals surface area contributed by atoms with Crippen LogP contribution in [0.15, 0.2) is 17.3 Å². The van der Waals surface area contributed by atoms with Crippen molar-refractivity contribution in [2.24, 2.45) is 0 Å². The summed E-state index contributed by atoms with van der Waals surface area (Å²) in [5.41, 5.74) is 10.5. The highest BCUT2D eigenvalue weighted by molar-refractivity contribution is 7.47. The molecule has 0 spiro atoms. The zero-order valence-electron chi connectivity index (χ0n) is 23.2. The van der Waals surface area contributed by atoms with Crippen LogP contribution in [-0.4, -0.2) is 112 Å². The molecule has 0 amide bonds. The number of nitrogen functional groups attached to an aromatic ring is 2. The standard InChI is InChI=1S/C20H24FN11O12P2/c1-38-12-8-4-40-45(34,35)43-11-7(41-18(9(11)21)32-15-6(2-25-32)14(22)28-30-29-15)3-39-46(36,37)44-13(12)19(42-8)31-5-24-10-16(31)26-20(23)27-17(10)33/h2,5,7-9,11-13,18-19H,3-4H2,1H3,(H,34,35)(H,36,37)(H2,22,28,29)(H3,23,26,27,33)/t7-,8-,9+,11-,12-,13-,18-,19-/m1/s1. The second-order valence-corrected chi connectivity index (χ2v) is 13.0. The first-order valence-electron chi connectivity index (χ1n) is 13.2. The Balaban J connectivity index is 1.22. The number of anilines is 2. The van der Waals surface area contributed by atoms with Crippen LogP contribution in [0.1, 0.15) is 12.5 Å². The van der Waals surface area contributed by atoms with Crippen molar-refractivity contribution in [2.45, 2.75) is 49.1 Å². The Kier molecular flexibility index (Phi) is 7.64. The van der Waals surface area contributed by atoms with Gasteiger partial charge in [0.15, 0.2) is 41.3 Å². The fraction of sp³-hybridized carbons (Fsp3) is 0.550. The number of aromatic nitrogens is 9. The molecule has 3 aliphatic rings. The summed E-state index contributed by atoms with van der Waals surface area (Å²) < 4.78 is 82.6. The third kappa shape index (κ3) is 5.36. The van der Waals surface area contributed by atoms with Gasteiger partial charge in [0.1, 0.15) is 30.5 Å². The van der Waals surface area contributed by atoms with Gasteiger partial charge in [0.25, 0.3) is 5.56 Å². The largest absolute Gasteiger partial charge is 0.472 e. The number of hydrogen-bond acceptors (Lipinski definition) is 18. The van der Waals surface area contributed by atoms with Gasteiger partial charge >= 0.3 is 15.6 Å². The highest BCUT2D eigenvalue weighted by atomic mass is 31.2. The predicted octanol–water partition coefficient (Wildman–Crippen LogP) is -1.32. The number of phosphoric acid groups is 2. The molecule has 3 saturated heterocycles. The van der Waals surface area contributed by atoms with Crippen molar-refractivity contribution in [3.63, 3.8) is 0 Å². The van der Waals surface area contributed by atoms with Gasteiger partial charge in [0.2, 0.25) is 5.95 Å². The second kappa shape index (κ2) is 11.3. The minimum atomic E-state index is -5.12. The minimum absolute atomic E-state index is 0.0369. The smallest absolute Gasteiger partial charge is 0.381 e. The van der Waals surface area contributed by atoms with Crippen molar-refractivity contribution in [1.82, 2.24) is 44.7 Å². The Labute approximate surface area is 254 Å². The molecule has 46 heavy (non-hydrogen) atoms. The summed E-state index contributed by atoms with van der Waals surface area (Å²) in [5, 5.41) is 15.1. The average molecular weight is 691 g/mol. The van der Waals surface area contributed by atoms with Gasteiger partial charge in [-0.05, 0) is 5.21 Å². The number of fused-ring (bicyclic) bond motifs is 5. The molecule has 3 aliphatic heterocycles. The van der Waals surface area contributed by atoms with E-state index in [9.17, 15) is 23.7 Å². The Morgan fingerprint density at radius 3 is 2.48 bits per heavy atom. The van der Waals surface area contributed by atoms with Gasteiger partial charge in [0.05, 0.1) is 31.1 Å². The Morgan fingerprint density at radius 2 is 1.74 bits per heavy atom. The normalized spacial score (nSPS) is 37.1. The lowest BCUT2D eigenvalue weighted by Gasteiger charge is -2.26. The number of H-pyrrole nitrogens is 1. The van der Waals surface area contributed by atoms with Crippen LogP contribution in [0.4, 0.5) is 16.2 Å². The van der Waals surface area contributed by atoms with Crippen LogP contribution in [-0.2, 0) is 41.4 Å². The number of nitrogens with zero attached hydrogens (tertiary/aromatic N) is 8. The van der Waals surface area contributed by atoms with Crippen LogP contribution in [0.3, 0.4) is 0 Å². The van der Waals surface area contributed by atoms with E-state index in [0.29, 0.717) is 0 Å². The third-order valence-corrected chi connectivity index (χ3v) is 9.41. The topological polar surface area (TPSA) is 311 Å². The summed E-state index contributed by atoms with van der Waals surface area (Å²) in [6.45, 7) is -1.63. The average Bonchev–Trinajstić information content (AvgIpc) is 3.75. The molecule has 26 heteroatoms. The number of methoxy groups -OCH3 is 1. The number of aromatic amines is 1. The maximum atomic E-state index is 15.9. The van der Waals surface area contributed by atoms with Crippen molar-refractivity contribution >= 4 is 49.6 Å². The Bertz CT molecular complexity index is 1960. The maximum absolute atomic E-state index is 15.9. The molecule has 0 aliphatic carbocycles. The molecule has 2 bridgehead atoms. The van der Waals surface area contributed by atoms with E-state index in [-0.39, 0.29) is 34.0 Å². The maximum Gasteiger partial charge on any atom is 0.472 e. The molecule has 7 heterocycles. The molecule has 0 saturated carbocycles. The number of phosphoric ester groups is 2. The van der Waals surface area contributed by atoms with E-state index in [1.165, 1.54) is 17.9 Å². The van der Waals surface area contributed by atoms with Crippen LogP contribution in [0, 0.1) is 0 Å².